The average molecular weight is 380 g/mol. The van der Waals surface area contributed by atoms with Crippen molar-refractivity contribution in [3.05, 3.63) is 34.3 Å². The van der Waals surface area contributed by atoms with Crippen LogP contribution in [0.3, 0.4) is 0 Å². The topological polar surface area (TPSA) is 56.6 Å². The summed E-state index contributed by atoms with van der Waals surface area (Å²) in [5.74, 6) is 0.0525. The average Bonchev–Trinajstić information content (AvgIpc) is 2.59. The van der Waals surface area contributed by atoms with Crippen molar-refractivity contribution >= 4 is 21.8 Å². The largest absolute Gasteiger partial charge is 0.371 e. The van der Waals surface area contributed by atoms with Gasteiger partial charge in [-0.1, -0.05) is 28.1 Å². The molecule has 1 aromatic rings. The zero-order valence-corrected chi connectivity index (χ0v) is 15.1. The Kier molecular flexibility index (Phi) is 6.58. The van der Waals surface area contributed by atoms with Crippen LogP contribution in [0.15, 0.2) is 28.7 Å². The van der Waals surface area contributed by atoms with Gasteiger partial charge in [0.05, 0.1) is 31.2 Å². The molecule has 1 aliphatic heterocycles. The van der Waals surface area contributed by atoms with Crippen LogP contribution in [0, 0.1) is 11.3 Å². The molecule has 0 N–H and O–H groups in total. The number of carbonyl (C=O) groups is 1. The monoisotopic (exact) mass is 379 g/mol. The smallest absolute Gasteiger partial charge is 0.239 e. The second-order valence-corrected chi connectivity index (χ2v) is 6.67. The molecule has 0 radical (unpaired) electrons. The van der Waals surface area contributed by atoms with E-state index in [-0.39, 0.29) is 18.1 Å². The molecular weight excluding hydrogens is 358 g/mol. The second-order valence-electron chi connectivity index (χ2n) is 5.75. The van der Waals surface area contributed by atoms with Gasteiger partial charge in [0.25, 0.3) is 0 Å². The van der Waals surface area contributed by atoms with E-state index in [9.17, 15) is 4.79 Å². The van der Waals surface area contributed by atoms with E-state index in [1.165, 1.54) is 0 Å². The summed E-state index contributed by atoms with van der Waals surface area (Å²) in [7, 11) is 1.75. The molecule has 23 heavy (non-hydrogen) atoms. The van der Waals surface area contributed by atoms with Crippen molar-refractivity contribution in [1.29, 1.82) is 5.26 Å². The minimum absolute atomic E-state index is 0.0171. The van der Waals surface area contributed by atoms with Crippen LogP contribution in [-0.4, -0.2) is 55.0 Å². The summed E-state index contributed by atoms with van der Waals surface area (Å²) in [4.78, 5) is 16.3. The van der Waals surface area contributed by atoms with Crippen LogP contribution in [0.2, 0.25) is 0 Å². The first-order valence-corrected chi connectivity index (χ1v) is 8.55. The molecule has 1 saturated heterocycles. The van der Waals surface area contributed by atoms with E-state index in [0.717, 1.165) is 16.6 Å². The zero-order chi connectivity index (χ0) is 16.8. The Morgan fingerprint density at radius 3 is 2.87 bits per heavy atom. The molecule has 0 aromatic heterocycles. The zero-order valence-electron chi connectivity index (χ0n) is 13.5. The molecule has 1 aliphatic rings. The van der Waals surface area contributed by atoms with Crippen LogP contribution in [0.1, 0.15) is 25.0 Å². The van der Waals surface area contributed by atoms with Crippen LogP contribution in [0.4, 0.5) is 0 Å². The van der Waals surface area contributed by atoms with E-state index < -0.39 is 0 Å². The Labute approximate surface area is 145 Å². The summed E-state index contributed by atoms with van der Waals surface area (Å²) in [6.45, 7) is 4.45. The molecule has 0 spiro atoms. The molecule has 1 aromatic carbocycles. The Morgan fingerprint density at radius 1 is 1.52 bits per heavy atom. The van der Waals surface area contributed by atoms with Crippen molar-refractivity contribution < 1.29 is 9.53 Å². The molecule has 2 rings (SSSR count). The predicted molar refractivity (Wildman–Crippen MR) is 91.7 cm³/mol. The number of likely N-dealkylation sites (N-methyl/N-ethyl adjacent to an activating group) is 1. The number of nitriles is 1. The summed E-state index contributed by atoms with van der Waals surface area (Å²) < 4.78 is 6.90. The number of benzene rings is 1. The van der Waals surface area contributed by atoms with Crippen LogP contribution < -0.4 is 0 Å². The lowest BCUT2D eigenvalue weighted by Crippen LogP contribution is -2.50. The molecule has 0 unspecified atom stereocenters. The molecule has 0 aliphatic carbocycles. The van der Waals surface area contributed by atoms with Gasteiger partial charge in [0.15, 0.2) is 0 Å². The fraction of sp³-hybridized carbons (Fsp3) is 0.529. The van der Waals surface area contributed by atoms with Crippen LogP contribution in [0.25, 0.3) is 0 Å². The summed E-state index contributed by atoms with van der Waals surface area (Å²) >= 11 is 3.44. The molecule has 2 atom stereocenters. The van der Waals surface area contributed by atoms with Gasteiger partial charge in [0, 0.05) is 31.2 Å². The number of morpholine rings is 1. The van der Waals surface area contributed by atoms with E-state index in [1.54, 1.807) is 11.9 Å². The van der Waals surface area contributed by atoms with Crippen molar-refractivity contribution in [2.75, 3.05) is 33.3 Å². The van der Waals surface area contributed by atoms with E-state index in [1.807, 2.05) is 31.2 Å². The number of rotatable bonds is 5. The third-order valence-electron chi connectivity index (χ3n) is 4.18. The van der Waals surface area contributed by atoms with Gasteiger partial charge in [-0.05, 0) is 24.6 Å². The van der Waals surface area contributed by atoms with E-state index in [0.29, 0.717) is 26.1 Å². The standard InChI is InChI=1S/C17H22BrN3O2/c1-13(17(22)20(2)9-3-8-19)21-10-11-23-16(12-21)14-4-6-15(18)7-5-14/h4-7,13,16H,3,9-12H2,1-2H3/t13-,16-/m1/s1. The van der Waals surface area contributed by atoms with Gasteiger partial charge in [-0.3, -0.25) is 9.69 Å². The molecular formula is C17H22BrN3O2. The highest BCUT2D eigenvalue weighted by molar-refractivity contribution is 9.10. The van der Waals surface area contributed by atoms with Gasteiger partial charge in [-0.2, -0.15) is 5.26 Å². The third kappa shape index (κ3) is 4.77. The van der Waals surface area contributed by atoms with Crippen molar-refractivity contribution in [3.8, 4) is 6.07 Å². The SMILES string of the molecule is C[C@H](C(=O)N(C)CCC#N)N1CCO[C@@H](c2ccc(Br)cc2)C1. The highest BCUT2D eigenvalue weighted by Gasteiger charge is 2.30. The normalized spacial score (nSPS) is 19.8. The van der Waals surface area contributed by atoms with Crippen molar-refractivity contribution in [2.45, 2.75) is 25.5 Å². The molecule has 0 saturated carbocycles. The third-order valence-corrected chi connectivity index (χ3v) is 4.71. The number of ether oxygens (including phenoxy) is 1. The summed E-state index contributed by atoms with van der Waals surface area (Å²) in [5.41, 5.74) is 1.12. The minimum atomic E-state index is -0.208. The number of hydrogen-bond donors (Lipinski definition) is 0. The first kappa shape index (κ1) is 17.9. The fourth-order valence-electron chi connectivity index (χ4n) is 2.70. The minimum Gasteiger partial charge on any atom is -0.371 e. The highest BCUT2D eigenvalue weighted by Crippen LogP contribution is 2.25. The van der Waals surface area contributed by atoms with Gasteiger partial charge >= 0.3 is 0 Å². The van der Waals surface area contributed by atoms with Gasteiger partial charge in [-0.15, -0.1) is 0 Å². The summed E-state index contributed by atoms with van der Waals surface area (Å²) in [5, 5.41) is 8.65. The van der Waals surface area contributed by atoms with Crippen molar-refractivity contribution in [2.24, 2.45) is 0 Å². The maximum atomic E-state index is 12.5. The van der Waals surface area contributed by atoms with E-state index in [2.05, 4.69) is 26.9 Å². The first-order chi connectivity index (χ1) is 11.0. The summed E-state index contributed by atoms with van der Waals surface area (Å²) in [6, 6.07) is 9.96. The van der Waals surface area contributed by atoms with Gasteiger partial charge in [0.1, 0.15) is 0 Å². The lowest BCUT2D eigenvalue weighted by Gasteiger charge is -2.37. The van der Waals surface area contributed by atoms with E-state index >= 15 is 0 Å². The maximum Gasteiger partial charge on any atom is 0.239 e. The predicted octanol–water partition coefficient (Wildman–Crippen LogP) is 2.58. The number of halogens is 1. The van der Waals surface area contributed by atoms with Gasteiger partial charge in [0.2, 0.25) is 5.91 Å². The lowest BCUT2D eigenvalue weighted by atomic mass is 10.1. The van der Waals surface area contributed by atoms with Crippen LogP contribution >= 0.6 is 15.9 Å². The maximum absolute atomic E-state index is 12.5. The molecule has 1 fully saturated rings. The highest BCUT2D eigenvalue weighted by atomic mass is 79.9. The van der Waals surface area contributed by atoms with Crippen LogP contribution in [0.5, 0.6) is 0 Å². The van der Waals surface area contributed by atoms with Gasteiger partial charge < -0.3 is 9.64 Å². The molecule has 1 amide bonds. The Morgan fingerprint density at radius 2 is 2.22 bits per heavy atom. The molecule has 124 valence electrons. The fourth-order valence-corrected chi connectivity index (χ4v) is 2.97. The Balaban J connectivity index is 1.98. The Hall–Kier alpha value is -1.42. The quantitative estimate of drug-likeness (QED) is 0.788. The second kappa shape index (κ2) is 8.44. The Bertz CT molecular complexity index is 570. The van der Waals surface area contributed by atoms with Crippen molar-refractivity contribution in [3.63, 3.8) is 0 Å². The van der Waals surface area contributed by atoms with Crippen LogP contribution in [-0.2, 0) is 9.53 Å². The first-order valence-electron chi connectivity index (χ1n) is 7.76. The molecule has 6 heteroatoms. The number of hydrogen-bond acceptors (Lipinski definition) is 4. The number of nitrogens with zero attached hydrogens (tertiary/aromatic N) is 3. The number of carbonyl (C=O) groups excluding carboxylic acids is 1. The molecule has 5 nitrogen and oxygen atoms in total. The molecule has 0 bridgehead atoms. The lowest BCUT2D eigenvalue weighted by molar-refractivity contribution is -0.138. The van der Waals surface area contributed by atoms with E-state index in [4.69, 9.17) is 10.00 Å². The number of amides is 1. The summed E-state index contributed by atoms with van der Waals surface area (Å²) in [6.07, 6.45) is 0.344. The van der Waals surface area contributed by atoms with Gasteiger partial charge in [-0.25, -0.2) is 0 Å². The molecule has 1 heterocycles. The van der Waals surface area contributed by atoms with Crippen molar-refractivity contribution in [1.82, 2.24) is 9.80 Å².